The normalized spacial score (nSPS) is 12.2. The number of anilines is 1. The van der Waals surface area contributed by atoms with E-state index in [2.05, 4.69) is 5.32 Å². The molecule has 2 rings (SSSR count). The van der Waals surface area contributed by atoms with Crippen LogP contribution in [0, 0.1) is 6.92 Å². The van der Waals surface area contributed by atoms with Crippen molar-refractivity contribution >= 4 is 17.4 Å². The molecule has 5 nitrogen and oxygen atoms in total. The lowest BCUT2D eigenvalue weighted by Crippen LogP contribution is -2.39. The lowest BCUT2D eigenvalue weighted by atomic mass is 10.1. The molecule has 23 heavy (non-hydrogen) atoms. The predicted molar refractivity (Wildman–Crippen MR) is 89.5 cm³/mol. The third kappa shape index (κ3) is 4.53. The Morgan fingerprint density at radius 3 is 2.61 bits per heavy atom. The number of benzene rings is 1. The minimum Gasteiger partial charge on any atom is -0.465 e. The number of carbonyl (C=O) groups excluding carboxylic acids is 2. The van der Waals surface area contributed by atoms with Crippen molar-refractivity contribution in [3.05, 3.63) is 53.5 Å². The van der Waals surface area contributed by atoms with E-state index >= 15 is 0 Å². The minimum atomic E-state index is -0.332. The SMILES string of the molecule is CC(=O)c1cccc(NC(=O)[C@@H](C)N(C)Cc2ccc(C)o2)c1. The van der Waals surface area contributed by atoms with Crippen LogP contribution < -0.4 is 5.32 Å². The summed E-state index contributed by atoms with van der Waals surface area (Å²) in [4.78, 5) is 25.7. The van der Waals surface area contributed by atoms with Gasteiger partial charge in [0.15, 0.2) is 5.78 Å². The van der Waals surface area contributed by atoms with Gasteiger partial charge in [0.1, 0.15) is 11.5 Å². The first-order valence-electron chi connectivity index (χ1n) is 7.54. The van der Waals surface area contributed by atoms with Crippen molar-refractivity contribution in [2.45, 2.75) is 33.4 Å². The number of rotatable bonds is 6. The molecule has 1 amide bonds. The number of ketones is 1. The number of hydrogen-bond acceptors (Lipinski definition) is 4. The molecule has 0 aliphatic heterocycles. The highest BCUT2D eigenvalue weighted by Crippen LogP contribution is 2.14. The van der Waals surface area contributed by atoms with E-state index in [-0.39, 0.29) is 17.7 Å². The van der Waals surface area contributed by atoms with Gasteiger partial charge in [0.05, 0.1) is 12.6 Å². The van der Waals surface area contributed by atoms with E-state index in [0.29, 0.717) is 17.8 Å². The Morgan fingerprint density at radius 2 is 2.00 bits per heavy atom. The summed E-state index contributed by atoms with van der Waals surface area (Å²) in [5, 5.41) is 2.85. The van der Waals surface area contributed by atoms with Crippen molar-refractivity contribution in [3.63, 3.8) is 0 Å². The smallest absolute Gasteiger partial charge is 0.241 e. The standard InChI is InChI=1S/C18H22N2O3/c1-12-8-9-17(23-12)11-20(4)13(2)18(22)19-16-7-5-6-15(10-16)14(3)21/h5-10,13H,11H2,1-4H3,(H,19,22)/t13-/m1/s1. The van der Waals surface area contributed by atoms with Crippen LogP contribution in [0.2, 0.25) is 0 Å². The van der Waals surface area contributed by atoms with Gasteiger partial charge in [0.25, 0.3) is 0 Å². The first kappa shape index (κ1) is 17.0. The molecule has 0 spiro atoms. The molecular weight excluding hydrogens is 292 g/mol. The van der Waals surface area contributed by atoms with Gasteiger partial charge in [0, 0.05) is 11.3 Å². The predicted octanol–water partition coefficient (Wildman–Crippen LogP) is 3.25. The van der Waals surface area contributed by atoms with Gasteiger partial charge in [-0.1, -0.05) is 12.1 Å². The van der Waals surface area contributed by atoms with Crippen LogP contribution in [0.5, 0.6) is 0 Å². The zero-order chi connectivity index (χ0) is 17.0. The molecule has 1 aromatic heterocycles. The van der Waals surface area contributed by atoms with Crippen LogP contribution in [0.15, 0.2) is 40.8 Å². The Hall–Kier alpha value is -2.40. The van der Waals surface area contributed by atoms with Crippen LogP contribution in [0.25, 0.3) is 0 Å². The van der Waals surface area contributed by atoms with Crippen molar-refractivity contribution in [1.82, 2.24) is 4.90 Å². The van der Waals surface area contributed by atoms with Crippen molar-refractivity contribution in [3.8, 4) is 0 Å². The highest BCUT2D eigenvalue weighted by Gasteiger charge is 2.19. The lowest BCUT2D eigenvalue weighted by Gasteiger charge is -2.23. The molecule has 0 unspecified atom stereocenters. The Labute approximate surface area is 136 Å². The van der Waals surface area contributed by atoms with E-state index < -0.39 is 0 Å². The third-order valence-corrected chi connectivity index (χ3v) is 3.78. The number of nitrogens with one attached hydrogen (secondary N) is 1. The van der Waals surface area contributed by atoms with E-state index in [1.54, 1.807) is 24.3 Å². The molecule has 1 aromatic carbocycles. The van der Waals surface area contributed by atoms with Crippen molar-refractivity contribution in [2.75, 3.05) is 12.4 Å². The van der Waals surface area contributed by atoms with Crippen LogP contribution in [-0.2, 0) is 11.3 Å². The fourth-order valence-corrected chi connectivity index (χ4v) is 2.22. The number of likely N-dealkylation sites (N-methyl/N-ethyl adjacent to an activating group) is 1. The summed E-state index contributed by atoms with van der Waals surface area (Å²) >= 11 is 0. The summed E-state index contributed by atoms with van der Waals surface area (Å²) < 4.78 is 5.53. The molecular formula is C18H22N2O3. The number of furan rings is 1. The van der Waals surface area contributed by atoms with Crippen molar-refractivity contribution in [2.24, 2.45) is 0 Å². The van der Waals surface area contributed by atoms with Gasteiger partial charge < -0.3 is 9.73 Å². The maximum atomic E-state index is 12.4. The fourth-order valence-electron chi connectivity index (χ4n) is 2.22. The van der Waals surface area contributed by atoms with Crippen LogP contribution >= 0.6 is 0 Å². The van der Waals surface area contributed by atoms with E-state index in [1.807, 2.05) is 37.9 Å². The average Bonchev–Trinajstić information content (AvgIpc) is 2.91. The Morgan fingerprint density at radius 1 is 1.26 bits per heavy atom. The van der Waals surface area contributed by atoms with Gasteiger partial charge in [-0.2, -0.15) is 0 Å². The molecule has 0 aliphatic rings. The van der Waals surface area contributed by atoms with E-state index in [0.717, 1.165) is 11.5 Å². The molecule has 1 heterocycles. The van der Waals surface area contributed by atoms with Crippen LogP contribution in [-0.4, -0.2) is 29.7 Å². The van der Waals surface area contributed by atoms with Gasteiger partial charge in [-0.3, -0.25) is 14.5 Å². The van der Waals surface area contributed by atoms with Crippen LogP contribution in [0.4, 0.5) is 5.69 Å². The van der Waals surface area contributed by atoms with Crippen molar-refractivity contribution in [1.29, 1.82) is 0 Å². The van der Waals surface area contributed by atoms with Gasteiger partial charge in [-0.15, -0.1) is 0 Å². The molecule has 0 bridgehead atoms. The molecule has 1 atom stereocenters. The summed E-state index contributed by atoms with van der Waals surface area (Å²) in [5.41, 5.74) is 1.20. The molecule has 0 saturated heterocycles. The molecule has 0 saturated carbocycles. The zero-order valence-electron chi connectivity index (χ0n) is 13.9. The monoisotopic (exact) mass is 314 g/mol. The number of nitrogens with zero attached hydrogens (tertiary/aromatic N) is 1. The Balaban J connectivity index is 1.99. The van der Waals surface area contributed by atoms with Gasteiger partial charge in [-0.25, -0.2) is 0 Å². The number of Topliss-reactive ketones (excluding diaryl/α,β-unsaturated/α-hetero) is 1. The van der Waals surface area contributed by atoms with E-state index in [4.69, 9.17) is 4.42 Å². The maximum absolute atomic E-state index is 12.4. The Kier molecular flexibility index (Phi) is 5.34. The summed E-state index contributed by atoms with van der Waals surface area (Å²) in [6, 6.07) is 10.4. The molecule has 0 radical (unpaired) electrons. The quantitative estimate of drug-likeness (QED) is 0.831. The second-order valence-electron chi connectivity index (χ2n) is 5.73. The summed E-state index contributed by atoms with van der Waals surface area (Å²) in [6.45, 7) is 5.78. The number of amides is 1. The number of carbonyl (C=O) groups is 2. The molecule has 0 aliphatic carbocycles. The first-order chi connectivity index (χ1) is 10.9. The van der Waals surface area contributed by atoms with Gasteiger partial charge >= 0.3 is 0 Å². The highest BCUT2D eigenvalue weighted by molar-refractivity contribution is 5.98. The zero-order valence-corrected chi connectivity index (χ0v) is 13.9. The number of hydrogen-bond donors (Lipinski definition) is 1. The minimum absolute atomic E-state index is 0.0283. The molecule has 122 valence electrons. The maximum Gasteiger partial charge on any atom is 0.241 e. The highest BCUT2D eigenvalue weighted by atomic mass is 16.3. The summed E-state index contributed by atoms with van der Waals surface area (Å²) in [7, 11) is 1.87. The van der Waals surface area contributed by atoms with Crippen LogP contribution in [0.3, 0.4) is 0 Å². The average molecular weight is 314 g/mol. The summed E-state index contributed by atoms with van der Waals surface area (Å²) in [5.74, 6) is 1.52. The van der Waals surface area contributed by atoms with E-state index in [9.17, 15) is 9.59 Å². The van der Waals surface area contributed by atoms with Crippen molar-refractivity contribution < 1.29 is 14.0 Å². The second kappa shape index (κ2) is 7.24. The largest absolute Gasteiger partial charge is 0.465 e. The molecule has 1 N–H and O–H groups in total. The molecule has 5 heteroatoms. The topological polar surface area (TPSA) is 62.6 Å². The molecule has 2 aromatic rings. The van der Waals surface area contributed by atoms with Gasteiger partial charge in [0.2, 0.25) is 5.91 Å². The third-order valence-electron chi connectivity index (χ3n) is 3.78. The first-order valence-corrected chi connectivity index (χ1v) is 7.54. The van der Waals surface area contributed by atoms with E-state index in [1.165, 1.54) is 6.92 Å². The van der Waals surface area contributed by atoms with Crippen LogP contribution in [0.1, 0.15) is 35.7 Å². The number of aryl methyl sites for hydroxylation is 1. The second-order valence-corrected chi connectivity index (χ2v) is 5.73. The Bertz CT molecular complexity index is 706. The van der Waals surface area contributed by atoms with Gasteiger partial charge in [-0.05, 0) is 52.1 Å². The molecule has 0 fully saturated rings. The lowest BCUT2D eigenvalue weighted by molar-refractivity contribution is -0.120. The fraction of sp³-hybridized carbons (Fsp3) is 0.333. The summed E-state index contributed by atoms with van der Waals surface area (Å²) in [6.07, 6.45) is 0.